The zero-order valence-electron chi connectivity index (χ0n) is 15.6. The van der Waals surface area contributed by atoms with E-state index in [9.17, 15) is 23.2 Å². The Balaban J connectivity index is 1.42. The molecule has 2 aromatic rings. The summed E-state index contributed by atoms with van der Waals surface area (Å²) in [5.41, 5.74) is 0.391. The molecule has 2 fully saturated rings. The van der Waals surface area contributed by atoms with Crippen molar-refractivity contribution in [2.45, 2.75) is 12.5 Å². The lowest BCUT2D eigenvalue weighted by atomic mass is 10.1. The second-order valence-electron chi connectivity index (χ2n) is 7.23. The zero-order chi connectivity index (χ0) is 20.5. The van der Waals surface area contributed by atoms with Crippen molar-refractivity contribution in [1.29, 1.82) is 0 Å². The number of nitrogens with zero attached hydrogens (tertiary/aromatic N) is 2. The van der Waals surface area contributed by atoms with Crippen LogP contribution >= 0.6 is 0 Å². The molecule has 2 aliphatic heterocycles. The summed E-state index contributed by atoms with van der Waals surface area (Å²) in [5, 5.41) is 0. The summed E-state index contributed by atoms with van der Waals surface area (Å²) in [6.07, 6.45) is 0.0762. The molecule has 3 amide bonds. The highest BCUT2D eigenvalue weighted by Gasteiger charge is 2.46. The highest BCUT2D eigenvalue weighted by Crippen LogP contribution is 2.22. The van der Waals surface area contributed by atoms with Gasteiger partial charge in [-0.3, -0.25) is 14.4 Å². The van der Waals surface area contributed by atoms with Gasteiger partial charge in [0.2, 0.25) is 5.91 Å². The van der Waals surface area contributed by atoms with Gasteiger partial charge in [-0.05, 0) is 36.4 Å². The lowest BCUT2D eigenvalue weighted by molar-refractivity contribution is -0.918. The van der Waals surface area contributed by atoms with Gasteiger partial charge in [0, 0.05) is 0 Å². The van der Waals surface area contributed by atoms with Gasteiger partial charge in [0.25, 0.3) is 11.8 Å². The number of rotatable bonds is 3. The third-order valence-corrected chi connectivity index (χ3v) is 5.52. The number of imide groups is 1. The van der Waals surface area contributed by atoms with Crippen LogP contribution in [0.5, 0.6) is 0 Å². The van der Waals surface area contributed by atoms with Crippen LogP contribution in [0.1, 0.15) is 16.8 Å². The van der Waals surface area contributed by atoms with E-state index in [0.29, 0.717) is 31.9 Å². The molecular weight excluding hydrogens is 380 g/mol. The molecule has 0 aromatic heterocycles. The Labute approximate surface area is 166 Å². The molecule has 1 atom stereocenters. The van der Waals surface area contributed by atoms with Crippen LogP contribution in [0.4, 0.5) is 14.5 Å². The van der Waals surface area contributed by atoms with E-state index in [1.807, 2.05) is 0 Å². The number of hydrogen-bond donors (Lipinski definition) is 1. The molecule has 2 aromatic carbocycles. The molecule has 2 aliphatic rings. The minimum Gasteiger partial charge on any atom is -0.327 e. The molecule has 1 N–H and O–H groups in total. The molecular formula is C21H20F2N3O3+. The number of benzene rings is 2. The minimum absolute atomic E-state index is 0.0329. The molecule has 6 nitrogen and oxygen atoms in total. The summed E-state index contributed by atoms with van der Waals surface area (Å²) >= 11 is 0. The zero-order valence-corrected chi connectivity index (χ0v) is 15.6. The van der Waals surface area contributed by atoms with Gasteiger partial charge in [0.15, 0.2) is 6.04 Å². The average Bonchev–Trinajstić information content (AvgIpc) is 3.03. The summed E-state index contributed by atoms with van der Waals surface area (Å²) < 4.78 is 27.0. The van der Waals surface area contributed by atoms with E-state index in [0.717, 1.165) is 9.80 Å². The van der Waals surface area contributed by atoms with Gasteiger partial charge in [-0.25, -0.2) is 13.7 Å². The number of halogens is 2. The summed E-state index contributed by atoms with van der Waals surface area (Å²) in [4.78, 5) is 41.4. The van der Waals surface area contributed by atoms with Crippen LogP contribution in [0.15, 0.2) is 48.5 Å². The second-order valence-corrected chi connectivity index (χ2v) is 7.23. The van der Waals surface area contributed by atoms with Crippen molar-refractivity contribution in [1.82, 2.24) is 4.90 Å². The Kier molecular flexibility index (Phi) is 5.10. The summed E-state index contributed by atoms with van der Waals surface area (Å²) in [7, 11) is 0. The molecule has 0 saturated carbocycles. The topological polar surface area (TPSA) is 62.1 Å². The maximum atomic E-state index is 13.9. The van der Waals surface area contributed by atoms with Crippen LogP contribution in [0, 0.1) is 11.6 Å². The van der Waals surface area contributed by atoms with E-state index in [4.69, 9.17) is 0 Å². The van der Waals surface area contributed by atoms with E-state index in [1.54, 1.807) is 11.0 Å². The predicted octanol–water partition coefficient (Wildman–Crippen LogP) is 0.638. The van der Waals surface area contributed by atoms with E-state index in [2.05, 4.69) is 0 Å². The molecule has 8 heteroatoms. The lowest BCUT2D eigenvalue weighted by Crippen LogP contribution is -3.19. The van der Waals surface area contributed by atoms with Gasteiger partial charge in [0.1, 0.15) is 11.6 Å². The molecule has 150 valence electrons. The normalized spacial score (nSPS) is 20.4. The largest absolute Gasteiger partial charge is 0.327 e. The number of carbonyl (C=O) groups is 3. The smallest absolute Gasteiger partial charge is 0.292 e. The first kappa shape index (κ1) is 19.2. The van der Waals surface area contributed by atoms with Crippen molar-refractivity contribution in [2.24, 2.45) is 0 Å². The highest BCUT2D eigenvalue weighted by molar-refractivity contribution is 6.21. The number of nitrogens with one attached hydrogen (secondary N) is 1. The van der Waals surface area contributed by atoms with Crippen LogP contribution in [-0.2, 0) is 9.59 Å². The Morgan fingerprint density at radius 3 is 2.28 bits per heavy atom. The number of piperazine rings is 1. The first-order valence-corrected chi connectivity index (χ1v) is 9.46. The minimum atomic E-state index is -0.557. The maximum absolute atomic E-state index is 13.9. The van der Waals surface area contributed by atoms with Crippen molar-refractivity contribution < 1.29 is 28.1 Å². The number of hydrogen-bond acceptors (Lipinski definition) is 3. The van der Waals surface area contributed by atoms with Gasteiger partial charge in [-0.2, -0.15) is 0 Å². The van der Waals surface area contributed by atoms with Gasteiger partial charge < -0.3 is 9.80 Å². The third-order valence-electron chi connectivity index (χ3n) is 5.52. The average molecular weight is 400 g/mol. The summed E-state index contributed by atoms with van der Waals surface area (Å²) in [5.74, 6) is -2.00. The van der Waals surface area contributed by atoms with E-state index in [-0.39, 0.29) is 29.7 Å². The van der Waals surface area contributed by atoms with E-state index >= 15 is 0 Å². The van der Waals surface area contributed by atoms with Crippen LogP contribution in [-0.4, -0.2) is 54.8 Å². The summed E-state index contributed by atoms with van der Waals surface area (Å²) in [6.45, 7) is 1.72. The highest BCUT2D eigenvalue weighted by atomic mass is 19.1. The standard InChI is InChI=1S/C21H19F2N3O3/c22-14-5-7-15(8-6-14)26-19(27)13-18(21(26)29)24-9-11-25(12-10-24)20(28)16-3-1-2-4-17(16)23/h1-8,18H,9-13H2/p+1/t18-/m1/s1. The van der Waals surface area contributed by atoms with Gasteiger partial charge in [-0.1, -0.05) is 12.1 Å². The van der Waals surface area contributed by atoms with Gasteiger partial charge >= 0.3 is 0 Å². The fourth-order valence-corrected chi connectivity index (χ4v) is 3.96. The Bertz CT molecular complexity index is 956. The number of quaternary nitrogens is 1. The third kappa shape index (κ3) is 3.63. The SMILES string of the molecule is O=C(c1ccccc1F)N1CC[NH+]([C@@H]2CC(=O)N(c3ccc(F)cc3)C2=O)CC1. The molecule has 0 spiro atoms. The monoisotopic (exact) mass is 400 g/mol. The fourth-order valence-electron chi connectivity index (χ4n) is 3.96. The van der Waals surface area contributed by atoms with Crippen LogP contribution in [0.2, 0.25) is 0 Å². The molecule has 0 unspecified atom stereocenters. The van der Waals surface area contributed by atoms with Crippen LogP contribution in [0.25, 0.3) is 0 Å². The van der Waals surface area contributed by atoms with Crippen molar-refractivity contribution in [3.8, 4) is 0 Å². The number of carbonyl (C=O) groups excluding carboxylic acids is 3. The predicted molar refractivity (Wildman–Crippen MR) is 100 cm³/mol. The number of anilines is 1. The van der Waals surface area contributed by atoms with Crippen LogP contribution in [0.3, 0.4) is 0 Å². The van der Waals surface area contributed by atoms with Crippen molar-refractivity contribution in [3.05, 3.63) is 65.7 Å². The van der Waals surface area contributed by atoms with Crippen molar-refractivity contribution in [3.63, 3.8) is 0 Å². The van der Waals surface area contributed by atoms with E-state index < -0.39 is 17.7 Å². The fraction of sp³-hybridized carbons (Fsp3) is 0.286. The molecule has 0 aliphatic carbocycles. The molecule has 29 heavy (non-hydrogen) atoms. The Morgan fingerprint density at radius 1 is 0.966 bits per heavy atom. The maximum Gasteiger partial charge on any atom is 0.292 e. The van der Waals surface area contributed by atoms with Gasteiger partial charge in [-0.15, -0.1) is 0 Å². The molecule has 2 saturated heterocycles. The molecule has 4 rings (SSSR count). The van der Waals surface area contributed by atoms with Crippen molar-refractivity contribution in [2.75, 3.05) is 31.1 Å². The second kappa shape index (κ2) is 7.71. The first-order chi connectivity index (χ1) is 14.0. The van der Waals surface area contributed by atoms with E-state index in [1.165, 1.54) is 42.5 Å². The van der Waals surface area contributed by atoms with Crippen LogP contribution < -0.4 is 9.80 Å². The molecule has 0 radical (unpaired) electrons. The number of amides is 3. The lowest BCUT2D eigenvalue weighted by Gasteiger charge is -2.34. The van der Waals surface area contributed by atoms with Gasteiger partial charge in [0.05, 0.1) is 43.9 Å². The van der Waals surface area contributed by atoms with Crippen molar-refractivity contribution >= 4 is 23.4 Å². The molecule has 0 bridgehead atoms. The quantitative estimate of drug-likeness (QED) is 0.770. The Morgan fingerprint density at radius 2 is 1.62 bits per heavy atom. The Hall–Kier alpha value is -3.13. The summed E-state index contributed by atoms with van der Waals surface area (Å²) in [6, 6.07) is 10.6. The molecule has 2 heterocycles. The first-order valence-electron chi connectivity index (χ1n) is 9.46.